The fourth-order valence-corrected chi connectivity index (χ4v) is 11.0. The van der Waals surface area contributed by atoms with Crippen LogP contribution >= 0.6 is 0 Å². The smallest absolute Gasteiger partial charge is 0.306 e. The van der Waals surface area contributed by atoms with E-state index in [9.17, 15) is 14.4 Å². The van der Waals surface area contributed by atoms with Crippen molar-refractivity contribution in [3.63, 3.8) is 0 Å². The van der Waals surface area contributed by atoms with Crippen molar-refractivity contribution in [3.8, 4) is 0 Å². The van der Waals surface area contributed by atoms with E-state index in [0.717, 1.165) is 89.9 Å². The largest absolute Gasteiger partial charge is 0.462 e. The summed E-state index contributed by atoms with van der Waals surface area (Å²) in [6, 6.07) is 0. The Hall–Kier alpha value is -2.63. The van der Waals surface area contributed by atoms with Gasteiger partial charge in [0.2, 0.25) is 0 Å². The third-order valence-corrected chi connectivity index (χ3v) is 16.5. The van der Waals surface area contributed by atoms with Gasteiger partial charge in [-0.25, -0.2) is 0 Å². The molecule has 0 aromatic carbocycles. The van der Waals surface area contributed by atoms with Crippen LogP contribution in [0.25, 0.3) is 0 Å². The van der Waals surface area contributed by atoms with E-state index in [1.54, 1.807) is 0 Å². The van der Waals surface area contributed by atoms with Crippen molar-refractivity contribution in [2.24, 2.45) is 0 Å². The number of esters is 3. The molecular weight excluding hydrogens is 1010 g/mol. The Labute approximate surface area is 511 Å². The van der Waals surface area contributed by atoms with E-state index in [1.807, 2.05) is 0 Å². The number of ether oxygens (including phenoxy) is 3. The molecule has 0 rings (SSSR count). The van der Waals surface area contributed by atoms with Crippen LogP contribution in [-0.4, -0.2) is 37.2 Å². The van der Waals surface area contributed by atoms with E-state index in [4.69, 9.17) is 14.2 Å². The van der Waals surface area contributed by atoms with Gasteiger partial charge in [0.25, 0.3) is 0 Å². The topological polar surface area (TPSA) is 78.9 Å². The first-order chi connectivity index (χ1) is 40.5. The van der Waals surface area contributed by atoms with Gasteiger partial charge >= 0.3 is 17.9 Å². The van der Waals surface area contributed by atoms with E-state index in [1.165, 1.54) is 270 Å². The molecule has 0 amide bonds. The summed E-state index contributed by atoms with van der Waals surface area (Å²) in [6.45, 7) is 6.62. The quantitative estimate of drug-likeness (QED) is 0.0261. The first-order valence-corrected chi connectivity index (χ1v) is 36.6. The number of allylic oxidation sites excluding steroid dienone is 8. The maximum atomic E-state index is 13.0. The molecule has 0 heterocycles. The van der Waals surface area contributed by atoms with E-state index >= 15 is 0 Å². The van der Waals surface area contributed by atoms with Crippen LogP contribution in [0, 0.1) is 0 Å². The van der Waals surface area contributed by atoms with Crippen molar-refractivity contribution >= 4 is 17.9 Å². The summed E-state index contributed by atoms with van der Waals surface area (Å²) in [5.74, 6) is -0.865. The summed E-state index contributed by atoms with van der Waals surface area (Å²) in [5, 5.41) is 0. The third-order valence-electron chi connectivity index (χ3n) is 16.5. The van der Waals surface area contributed by atoms with E-state index in [-0.39, 0.29) is 31.1 Å². The molecule has 0 fully saturated rings. The average molecular weight is 1150 g/mol. The van der Waals surface area contributed by atoms with Crippen molar-refractivity contribution in [1.82, 2.24) is 0 Å². The lowest BCUT2D eigenvalue weighted by Crippen LogP contribution is -2.30. The Morgan fingerprint density at radius 1 is 0.244 bits per heavy atom. The van der Waals surface area contributed by atoms with E-state index in [0.29, 0.717) is 19.3 Å². The highest BCUT2D eigenvalue weighted by Crippen LogP contribution is 2.19. The van der Waals surface area contributed by atoms with Gasteiger partial charge in [0.05, 0.1) is 0 Å². The monoisotopic (exact) mass is 1150 g/mol. The van der Waals surface area contributed by atoms with Gasteiger partial charge in [0.1, 0.15) is 13.2 Å². The highest BCUT2D eigenvalue weighted by atomic mass is 16.6. The Balaban J connectivity index is 4.20. The van der Waals surface area contributed by atoms with Gasteiger partial charge in [-0.1, -0.05) is 352 Å². The number of carbonyl (C=O) groups excluding carboxylic acids is 3. The number of rotatable bonds is 68. The summed E-state index contributed by atoms with van der Waals surface area (Å²) in [7, 11) is 0. The number of unbranched alkanes of at least 4 members (excludes halogenated alkanes) is 49. The van der Waals surface area contributed by atoms with Crippen LogP contribution in [0.5, 0.6) is 0 Å². The standard InChI is InChI=1S/C76H140O6/c1-4-7-10-13-16-19-22-25-27-29-31-33-35-36-37-38-39-41-42-44-46-48-51-54-57-60-63-66-69-75(78)81-72-73(71-80-74(77)68-65-62-59-56-53-50-24-21-18-15-12-9-6-3)82-76(79)70-67-64-61-58-55-52-49-47-45-43-40-34-32-30-28-26-23-20-17-14-11-8-5-2/h12,15,21,23-24,26,30,32,73H,4-11,13-14,16-20,22,25,27-29,31,33-72H2,1-3H3/b15-12-,24-21-,26-23-,32-30-. The van der Waals surface area contributed by atoms with E-state index in [2.05, 4.69) is 69.4 Å². The molecule has 0 saturated carbocycles. The van der Waals surface area contributed by atoms with Crippen molar-refractivity contribution in [2.45, 2.75) is 406 Å². The minimum atomic E-state index is -0.780. The van der Waals surface area contributed by atoms with Gasteiger partial charge in [0, 0.05) is 19.3 Å². The number of hydrogen-bond donors (Lipinski definition) is 0. The predicted octanol–water partition coefficient (Wildman–Crippen LogP) is 25.3. The van der Waals surface area contributed by atoms with E-state index < -0.39 is 6.10 Å². The number of carbonyl (C=O) groups is 3. The Bertz CT molecular complexity index is 1410. The molecule has 6 nitrogen and oxygen atoms in total. The van der Waals surface area contributed by atoms with Crippen molar-refractivity contribution in [3.05, 3.63) is 48.6 Å². The van der Waals surface area contributed by atoms with Gasteiger partial charge in [0.15, 0.2) is 6.10 Å². The van der Waals surface area contributed by atoms with Crippen LogP contribution < -0.4 is 0 Å². The van der Waals surface area contributed by atoms with Crippen molar-refractivity contribution in [2.75, 3.05) is 13.2 Å². The molecule has 0 spiro atoms. The molecule has 1 unspecified atom stereocenters. The molecule has 0 aliphatic carbocycles. The van der Waals surface area contributed by atoms with Crippen LogP contribution in [0.1, 0.15) is 400 Å². The van der Waals surface area contributed by atoms with Gasteiger partial charge in [-0.3, -0.25) is 14.4 Å². The SMILES string of the molecule is CCC/C=C\C/C=C\CCCCCCCC(=O)OCC(COC(=O)CCCCCCCCCCCCCCCCCCCCCCCCCCCCCC)OC(=O)CCCCCCCCCCCCC/C=C\C/C=C\CCCCCCC. The molecule has 0 N–H and O–H groups in total. The highest BCUT2D eigenvalue weighted by molar-refractivity contribution is 5.71. The zero-order valence-corrected chi connectivity index (χ0v) is 55.3. The summed E-state index contributed by atoms with van der Waals surface area (Å²) >= 11 is 0. The van der Waals surface area contributed by atoms with Crippen molar-refractivity contribution in [1.29, 1.82) is 0 Å². The first-order valence-electron chi connectivity index (χ1n) is 36.6. The van der Waals surface area contributed by atoms with Gasteiger partial charge in [-0.05, 0) is 77.0 Å². The van der Waals surface area contributed by atoms with Gasteiger partial charge in [-0.2, -0.15) is 0 Å². The second-order valence-electron chi connectivity index (χ2n) is 24.9. The second-order valence-corrected chi connectivity index (χ2v) is 24.9. The molecular formula is C76H140O6. The Kier molecular flexibility index (Phi) is 68.6. The van der Waals surface area contributed by atoms with Crippen LogP contribution in [0.2, 0.25) is 0 Å². The van der Waals surface area contributed by atoms with Crippen LogP contribution in [-0.2, 0) is 28.6 Å². The van der Waals surface area contributed by atoms with Gasteiger partial charge < -0.3 is 14.2 Å². The second kappa shape index (κ2) is 70.9. The molecule has 0 radical (unpaired) electrons. The third kappa shape index (κ3) is 68.2. The molecule has 1 atom stereocenters. The Morgan fingerprint density at radius 3 is 0.720 bits per heavy atom. The number of hydrogen-bond acceptors (Lipinski definition) is 6. The molecule has 0 aromatic heterocycles. The molecule has 0 aliphatic heterocycles. The first kappa shape index (κ1) is 79.4. The minimum absolute atomic E-state index is 0.0743. The van der Waals surface area contributed by atoms with Gasteiger partial charge in [-0.15, -0.1) is 0 Å². The summed E-state index contributed by atoms with van der Waals surface area (Å²) in [4.78, 5) is 38.4. The zero-order chi connectivity index (χ0) is 59.2. The fourth-order valence-electron chi connectivity index (χ4n) is 11.0. The molecule has 82 heavy (non-hydrogen) atoms. The Morgan fingerprint density at radius 2 is 0.463 bits per heavy atom. The molecule has 0 aromatic rings. The highest BCUT2D eigenvalue weighted by Gasteiger charge is 2.19. The molecule has 0 saturated heterocycles. The molecule has 0 aliphatic rings. The summed E-state index contributed by atoms with van der Waals surface area (Å²) < 4.78 is 17.0. The van der Waals surface area contributed by atoms with Crippen LogP contribution in [0.15, 0.2) is 48.6 Å². The van der Waals surface area contributed by atoms with Crippen molar-refractivity contribution < 1.29 is 28.6 Å². The lowest BCUT2D eigenvalue weighted by atomic mass is 10.0. The minimum Gasteiger partial charge on any atom is -0.462 e. The zero-order valence-electron chi connectivity index (χ0n) is 55.3. The molecule has 480 valence electrons. The molecule has 0 bridgehead atoms. The predicted molar refractivity (Wildman–Crippen MR) is 358 cm³/mol. The normalized spacial score (nSPS) is 12.3. The molecule has 6 heteroatoms. The van der Waals surface area contributed by atoms with Crippen LogP contribution in [0.3, 0.4) is 0 Å². The lowest BCUT2D eigenvalue weighted by molar-refractivity contribution is -0.167. The summed E-state index contributed by atoms with van der Waals surface area (Å²) in [5.41, 5.74) is 0. The summed E-state index contributed by atoms with van der Waals surface area (Å²) in [6.07, 6.45) is 90.1. The maximum absolute atomic E-state index is 13.0. The fraction of sp³-hybridized carbons (Fsp3) is 0.855. The lowest BCUT2D eigenvalue weighted by Gasteiger charge is -2.18. The maximum Gasteiger partial charge on any atom is 0.306 e. The van der Waals surface area contributed by atoms with Crippen LogP contribution in [0.4, 0.5) is 0 Å². The average Bonchev–Trinajstić information content (AvgIpc) is 3.47.